The van der Waals surface area contributed by atoms with Crippen molar-refractivity contribution in [1.82, 2.24) is 14.9 Å². The van der Waals surface area contributed by atoms with Crippen LogP contribution in [0.5, 0.6) is 0 Å². The molecule has 7 heteroatoms. The van der Waals surface area contributed by atoms with Crippen molar-refractivity contribution < 1.29 is 0 Å². The molecule has 1 aromatic heterocycles. The largest absolute Gasteiger partial charge is 0.335 e. The zero-order valence-electron chi connectivity index (χ0n) is 12.4. The smallest absolute Gasteiger partial charge is 0.210 e. The second-order valence-electron chi connectivity index (χ2n) is 4.82. The van der Waals surface area contributed by atoms with Gasteiger partial charge in [-0.15, -0.1) is 22.0 Å². The maximum atomic E-state index is 6.12. The predicted molar refractivity (Wildman–Crippen MR) is 98.4 cm³/mol. The van der Waals surface area contributed by atoms with Crippen LogP contribution in [0.1, 0.15) is 5.56 Å². The van der Waals surface area contributed by atoms with Crippen molar-refractivity contribution in [3.05, 3.63) is 59.1 Å². The number of hydrogen-bond acceptors (Lipinski definition) is 5. The van der Waals surface area contributed by atoms with Gasteiger partial charge in [-0.2, -0.15) is 0 Å². The van der Waals surface area contributed by atoms with E-state index in [4.69, 9.17) is 17.4 Å². The fraction of sp³-hybridized carbons (Fsp3) is 0.125. The summed E-state index contributed by atoms with van der Waals surface area (Å²) in [6.45, 7) is 0. The Morgan fingerprint density at radius 1 is 1.04 bits per heavy atom. The van der Waals surface area contributed by atoms with Gasteiger partial charge < -0.3 is 5.84 Å². The molecule has 0 aliphatic rings. The third-order valence-corrected chi connectivity index (χ3v) is 5.30. The van der Waals surface area contributed by atoms with Crippen molar-refractivity contribution in [2.75, 3.05) is 12.1 Å². The Labute approximate surface area is 148 Å². The lowest BCUT2D eigenvalue weighted by Gasteiger charge is -2.04. The molecule has 0 amide bonds. The standard InChI is InChI=1S/C16H15ClN4S2/c1-22-14-8-2-11(3-9-14)10-23-16-20-19-15(21(16)18)12-4-6-13(17)7-5-12/h2-9H,10,18H2,1H3. The van der Waals surface area contributed by atoms with Crippen LogP contribution in [0.25, 0.3) is 11.4 Å². The van der Waals surface area contributed by atoms with Gasteiger partial charge in [0.15, 0.2) is 5.82 Å². The lowest BCUT2D eigenvalue weighted by atomic mass is 10.2. The van der Waals surface area contributed by atoms with Gasteiger partial charge in [-0.25, -0.2) is 4.68 Å². The van der Waals surface area contributed by atoms with E-state index in [1.54, 1.807) is 23.5 Å². The van der Waals surface area contributed by atoms with E-state index in [0.29, 0.717) is 16.0 Å². The zero-order chi connectivity index (χ0) is 16.2. The molecule has 0 aliphatic heterocycles. The molecular weight excluding hydrogens is 348 g/mol. The number of benzene rings is 2. The summed E-state index contributed by atoms with van der Waals surface area (Å²) >= 11 is 9.20. The highest BCUT2D eigenvalue weighted by atomic mass is 35.5. The third-order valence-electron chi connectivity index (χ3n) is 3.29. The van der Waals surface area contributed by atoms with E-state index in [2.05, 4.69) is 40.7 Å². The first-order valence-corrected chi connectivity index (χ1v) is 9.48. The summed E-state index contributed by atoms with van der Waals surface area (Å²) in [6, 6.07) is 15.9. The highest BCUT2D eigenvalue weighted by Crippen LogP contribution is 2.26. The maximum Gasteiger partial charge on any atom is 0.210 e. The first-order valence-electron chi connectivity index (χ1n) is 6.89. The van der Waals surface area contributed by atoms with Crippen molar-refractivity contribution in [1.29, 1.82) is 0 Å². The van der Waals surface area contributed by atoms with E-state index in [9.17, 15) is 0 Å². The van der Waals surface area contributed by atoms with Crippen LogP contribution < -0.4 is 5.84 Å². The van der Waals surface area contributed by atoms with E-state index in [1.807, 2.05) is 24.3 Å². The Hall–Kier alpha value is -1.63. The number of rotatable bonds is 5. The molecule has 0 saturated heterocycles. The monoisotopic (exact) mass is 362 g/mol. The van der Waals surface area contributed by atoms with Gasteiger partial charge in [0, 0.05) is 21.2 Å². The third kappa shape index (κ3) is 3.83. The lowest BCUT2D eigenvalue weighted by molar-refractivity contribution is 0.849. The molecule has 2 N–H and O–H groups in total. The van der Waals surface area contributed by atoms with Gasteiger partial charge in [-0.05, 0) is 48.2 Å². The van der Waals surface area contributed by atoms with Crippen LogP contribution in [0.2, 0.25) is 5.02 Å². The van der Waals surface area contributed by atoms with Crippen LogP contribution in [-0.4, -0.2) is 21.1 Å². The van der Waals surface area contributed by atoms with Gasteiger partial charge in [0.05, 0.1) is 0 Å². The van der Waals surface area contributed by atoms with Gasteiger partial charge in [-0.3, -0.25) is 0 Å². The summed E-state index contributed by atoms with van der Waals surface area (Å²) in [5.74, 6) is 7.54. The summed E-state index contributed by atoms with van der Waals surface area (Å²) < 4.78 is 1.52. The first-order chi connectivity index (χ1) is 11.2. The number of thioether (sulfide) groups is 2. The molecule has 0 radical (unpaired) electrons. The average molecular weight is 363 g/mol. The highest BCUT2D eigenvalue weighted by molar-refractivity contribution is 7.98. The van der Waals surface area contributed by atoms with Crippen molar-refractivity contribution in [3.63, 3.8) is 0 Å². The number of nitrogen functional groups attached to an aromatic ring is 1. The van der Waals surface area contributed by atoms with E-state index >= 15 is 0 Å². The first kappa shape index (κ1) is 16.2. The average Bonchev–Trinajstić information content (AvgIpc) is 2.95. The summed E-state index contributed by atoms with van der Waals surface area (Å²) in [5, 5.41) is 9.72. The van der Waals surface area contributed by atoms with Gasteiger partial charge in [-0.1, -0.05) is 35.5 Å². The van der Waals surface area contributed by atoms with E-state index in [0.717, 1.165) is 11.3 Å². The van der Waals surface area contributed by atoms with Gasteiger partial charge in [0.1, 0.15) is 0 Å². The second kappa shape index (κ2) is 7.29. The fourth-order valence-corrected chi connectivity index (χ4v) is 3.39. The molecule has 3 rings (SSSR count). The number of hydrogen-bond donors (Lipinski definition) is 1. The molecule has 0 atom stereocenters. The molecule has 23 heavy (non-hydrogen) atoms. The van der Waals surface area contributed by atoms with Crippen LogP contribution in [0, 0.1) is 0 Å². The number of nitrogens with zero attached hydrogens (tertiary/aromatic N) is 3. The normalized spacial score (nSPS) is 10.9. The molecule has 3 aromatic rings. The quantitative estimate of drug-likeness (QED) is 0.541. The Balaban J connectivity index is 1.72. The molecule has 1 heterocycles. The SMILES string of the molecule is CSc1ccc(CSc2nnc(-c3ccc(Cl)cc3)n2N)cc1. The topological polar surface area (TPSA) is 56.7 Å². The highest BCUT2D eigenvalue weighted by Gasteiger charge is 2.12. The lowest BCUT2D eigenvalue weighted by Crippen LogP contribution is -2.11. The van der Waals surface area contributed by atoms with Crippen molar-refractivity contribution in [2.24, 2.45) is 0 Å². The minimum Gasteiger partial charge on any atom is -0.335 e. The van der Waals surface area contributed by atoms with Crippen LogP contribution >= 0.6 is 35.1 Å². The second-order valence-corrected chi connectivity index (χ2v) is 7.08. The molecule has 0 fully saturated rings. The minimum absolute atomic E-state index is 0.627. The Bertz CT molecular complexity index is 785. The van der Waals surface area contributed by atoms with Gasteiger partial charge in [0.2, 0.25) is 5.16 Å². The zero-order valence-corrected chi connectivity index (χ0v) is 14.8. The Morgan fingerprint density at radius 2 is 1.74 bits per heavy atom. The molecule has 0 unspecified atom stereocenters. The maximum absolute atomic E-state index is 6.12. The summed E-state index contributed by atoms with van der Waals surface area (Å²) in [7, 11) is 0. The number of nitrogens with two attached hydrogens (primary N) is 1. The molecule has 4 nitrogen and oxygen atoms in total. The molecule has 2 aromatic carbocycles. The molecule has 0 spiro atoms. The number of halogens is 1. The molecular formula is C16H15ClN4S2. The molecule has 0 bridgehead atoms. The van der Waals surface area contributed by atoms with E-state index in [-0.39, 0.29) is 0 Å². The van der Waals surface area contributed by atoms with E-state index in [1.165, 1.54) is 15.1 Å². The van der Waals surface area contributed by atoms with Crippen LogP contribution in [0.3, 0.4) is 0 Å². The van der Waals surface area contributed by atoms with Gasteiger partial charge >= 0.3 is 0 Å². The van der Waals surface area contributed by atoms with Gasteiger partial charge in [0.25, 0.3) is 0 Å². The van der Waals surface area contributed by atoms with Crippen LogP contribution in [-0.2, 0) is 5.75 Å². The van der Waals surface area contributed by atoms with Crippen molar-refractivity contribution >= 4 is 35.1 Å². The minimum atomic E-state index is 0.627. The summed E-state index contributed by atoms with van der Waals surface area (Å²) in [6.07, 6.45) is 2.07. The van der Waals surface area contributed by atoms with E-state index < -0.39 is 0 Å². The molecule has 0 aliphatic carbocycles. The molecule has 118 valence electrons. The van der Waals surface area contributed by atoms with Crippen LogP contribution in [0.4, 0.5) is 0 Å². The molecule has 0 saturated carbocycles. The van der Waals surface area contributed by atoms with Crippen molar-refractivity contribution in [2.45, 2.75) is 15.8 Å². The summed E-state index contributed by atoms with van der Waals surface area (Å²) in [5.41, 5.74) is 2.12. The fourth-order valence-electron chi connectivity index (χ4n) is 2.04. The Kier molecular flexibility index (Phi) is 5.15. The summed E-state index contributed by atoms with van der Waals surface area (Å²) in [4.78, 5) is 1.26. The Morgan fingerprint density at radius 3 is 2.39 bits per heavy atom. The van der Waals surface area contributed by atoms with Crippen LogP contribution in [0.15, 0.2) is 58.6 Å². The predicted octanol–water partition coefficient (Wildman–Crippen LogP) is 4.33. The number of aromatic nitrogens is 3. The van der Waals surface area contributed by atoms with Crippen molar-refractivity contribution in [3.8, 4) is 11.4 Å².